The standard InChI is InChI=1S/C18H25F5N4/c1-2-24-17(25-8-7-18(21,22)23)26-14-5-9-27(10-6-14)12-13-3-4-15(19)16(20)11-13/h3-4,11,14H,2,5-10,12H2,1H3,(H2,24,25,26). The maximum atomic E-state index is 13.3. The number of hydrogen-bond acceptors (Lipinski definition) is 2. The molecule has 0 spiro atoms. The van der Waals surface area contributed by atoms with Crippen LogP contribution in [0.15, 0.2) is 23.2 Å². The molecule has 2 rings (SSSR count). The van der Waals surface area contributed by atoms with Crippen molar-refractivity contribution in [1.29, 1.82) is 0 Å². The van der Waals surface area contributed by atoms with Gasteiger partial charge in [0, 0.05) is 32.2 Å². The fourth-order valence-corrected chi connectivity index (χ4v) is 2.94. The van der Waals surface area contributed by atoms with E-state index in [4.69, 9.17) is 0 Å². The van der Waals surface area contributed by atoms with Crippen LogP contribution < -0.4 is 10.6 Å². The molecule has 0 radical (unpaired) electrons. The zero-order valence-corrected chi connectivity index (χ0v) is 15.3. The molecular formula is C18H25F5N4. The number of alkyl halides is 3. The molecule has 0 aromatic heterocycles. The summed E-state index contributed by atoms with van der Waals surface area (Å²) in [6.07, 6.45) is -3.59. The van der Waals surface area contributed by atoms with E-state index in [1.165, 1.54) is 6.07 Å². The summed E-state index contributed by atoms with van der Waals surface area (Å²) >= 11 is 0. The summed E-state index contributed by atoms with van der Waals surface area (Å²) in [5.74, 6) is -1.32. The number of hydrogen-bond donors (Lipinski definition) is 2. The monoisotopic (exact) mass is 392 g/mol. The Kier molecular flexibility index (Phi) is 7.82. The highest BCUT2D eigenvalue weighted by Gasteiger charge is 2.26. The first-order valence-corrected chi connectivity index (χ1v) is 9.04. The van der Waals surface area contributed by atoms with Crippen molar-refractivity contribution in [2.45, 2.75) is 44.9 Å². The van der Waals surface area contributed by atoms with Gasteiger partial charge in [-0.1, -0.05) is 6.07 Å². The second-order valence-electron chi connectivity index (χ2n) is 6.57. The molecule has 1 fully saturated rings. The maximum absolute atomic E-state index is 13.3. The molecule has 0 atom stereocenters. The highest BCUT2D eigenvalue weighted by molar-refractivity contribution is 5.80. The van der Waals surface area contributed by atoms with Gasteiger partial charge in [-0.15, -0.1) is 0 Å². The second-order valence-corrected chi connectivity index (χ2v) is 6.57. The molecule has 0 saturated carbocycles. The van der Waals surface area contributed by atoms with Gasteiger partial charge in [0.25, 0.3) is 0 Å². The van der Waals surface area contributed by atoms with E-state index in [2.05, 4.69) is 20.5 Å². The van der Waals surface area contributed by atoms with Crippen molar-refractivity contribution < 1.29 is 22.0 Å². The largest absolute Gasteiger partial charge is 0.390 e. The Morgan fingerprint density at radius 3 is 2.48 bits per heavy atom. The summed E-state index contributed by atoms with van der Waals surface area (Å²) in [5, 5.41) is 6.14. The zero-order valence-electron chi connectivity index (χ0n) is 15.3. The van der Waals surface area contributed by atoms with Crippen LogP contribution in [-0.4, -0.2) is 49.3 Å². The molecule has 1 aromatic carbocycles. The zero-order chi connectivity index (χ0) is 19.9. The number of guanidine groups is 1. The van der Waals surface area contributed by atoms with E-state index in [1.807, 2.05) is 6.92 Å². The number of nitrogens with one attached hydrogen (secondary N) is 2. The average Bonchev–Trinajstić information content (AvgIpc) is 2.59. The lowest BCUT2D eigenvalue weighted by Gasteiger charge is -2.33. The van der Waals surface area contributed by atoms with Crippen molar-refractivity contribution in [1.82, 2.24) is 15.5 Å². The third-order valence-corrected chi connectivity index (χ3v) is 4.33. The lowest BCUT2D eigenvalue weighted by Crippen LogP contribution is -2.48. The molecule has 0 aliphatic carbocycles. The number of likely N-dealkylation sites (tertiary alicyclic amines) is 1. The number of benzene rings is 1. The molecular weight excluding hydrogens is 367 g/mol. The number of aliphatic imine (C=N–C) groups is 1. The number of nitrogens with zero attached hydrogens (tertiary/aromatic N) is 2. The Hall–Kier alpha value is -1.90. The van der Waals surface area contributed by atoms with Gasteiger partial charge >= 0.3 is 6.18 Å². The first-order valence-electron chi connectivity index (χ1n) is 9.04. The van der Waals surface area contributed by atoms with Crippen molar-refractivity contribution in [2.24, 2.45) is 4.99 Å². The summed E-state index contributed by atoms with van der Waals surface area (Å²) in [7, 11) is 0. The van der Waals surface area contributed by atoms with E-state index in [0.29, 0.717) is 24.6 Å². The van der Waals surface area contributed by atoms with Crippen molar-refractivity contribution in [3.63, 3.8) is 0 Å². The third-order valence-electron chi connectivity index (χ3n) is 4.33. The van der Waals surface area contributed by atoms with Crippen LogP contribution in [0.3, 0.4) is 0 Å². The molecule has 4 nitrogen and oxygen atoms in total. The van der Waals surface area contributed by atoms with Gasteiger partial charge < -0.3 is 10.6 Å². The Balaban J connectivity index is 1.80. The minimum Gasteiger partial charge on any atom is -0.357 e. The lowest BCUT2D eigenvalue weighted by atomic mass is 10.0. The van der Waals surface area contributed by atoms with Gasteiger partial charge in [0.15, 0.2) is 17.6 Å². The normalized spacial score (nSPS) is 17.2. The Bertz CT molecular complexity index is 625. The summed E-state index contributed by atoms with van der Waals surface area (Å²) in [6, 6.07) is 4.00. The number of piperidine rings is 1. The van der Waals surface area contributed by atoms with Crippen LogP contribution in [0.25, 0.3) is 0 Å². The third kappa shape index (κ3) is 7.70. The SMILES string of the molecule is CCNC(=NCCC(F)(F)F)NC1CCN(Cc2ccc(F)c(F)c2)CC1. The van der Waals surface area contributed by atoms with Crippen molar-refractivity contribution in [2.75, 3.05) is 26.2 Å². The smallest absolute Gasteiger partial charge is 0.357 e. The highest BCUT2D eigenvalue weighted by Crippen LogP contribution is 2.19. The Labute approximate surface area is 155 Å². The van der Waals surface area contributed by atoms with Crippen LogP contribution in [-0.2, 0) is 6.54 Å². The van der Waals surface area contributed by atoms with Gasteiger partial charge in [0.05, 0.1) is 13.0 Å². The molecule has 1 aliphatic rings. The average molecular weight is 392 g/mol. The Morgan fingerprint density at radius 2 is 1.89 bits per heavy atom. The fourth-order valence-electron chi connectivity index (χ4n) is 2.94. The van der Waals surface area contributed by atoms with Crippen molar-refractivity contribution >= 4 is 5.96 Å². The fraction of sp³-hybridized carbons (Fsp3) is 0.611. The molecule has 0 unspecified atom stereocenters. The van der Waals surface area contributed by atoms with Gasteiger partial charge in [0.1, 0.15) is 0 Å². The van der Waals surface area contributed by atoms with E-state index < -0.39 is 24.2 Å². The molecule has 0 bridgehead atoms. The molecule has 1 aromatic rings. The van der Waals surface area contributed by atoms with Gasteiger partial charge in [-0.05, 0) is 37.5 Å². The minimum absolute atomic E-state index is 0.106. The molecule has 1 saturated heterocycles. The Morgan fingerprint density at radius 1 is 1.19 bits per heavy atom. The van der Waals surface area contributed by atoms with E-state index >= 15 is 0 Å². The van der Waals surface area contributed by atoms with Gasteiger partial charge in [-0.25, -0.2) is 8.78 Å². The first kappa shape index (κ1) is 21.4. The van der Waals surface area contributed by atoms with Gasteiger partial charge in [-0.2, -0.15) is 13.2 Å². The molecule has 1 aliphatic heterocycles. The van der Waals surface area contributed by atoms with E-state index in [-0.39, 0.29) is 12.6 Å². The number of halogens is 5. The highest BCUT2D eigenvalue weighted by atomic mass is 19.4. The first-order chi connectivity index (χ1) is 12.8. The number of rotatable bonds is 6. The summed E-state index contributed by atoms with van der Waals surface area (Å²) < 4.78 is 63.1. The molecule has 2 N–H and O–H groups in total. The van der Waals surface area contributed by atoms with Crippen LogP contribution >= 0.6 is 0 Å². The van der Waals surface area contributed by atoms with Crippen LogP contribution in [0.4, 0.5) is 22.0 Å². The van der Waals surface area contributed by atoms with E-state index in [0.717, 1.165) is 32.0 Å². The molecule has 152 valence electrons. The van der Waals surface area contributed by atoms with Crippen molar-refractivity contribution in [3.05, 3.63) is 35.4 Å². The topological polar surface area (TPSA) is 39.7 Å². The van der Waals surface area contributed by atoms with Gasteiger partial charge in [0.2, 0.25) is 0 Å². The predicted octanol–water partition coefficient (Wildman–Crippen LogP) is 3.44. The molecule has 9 heteroatoms. The summed E-state index contributed by atoms with van der Waals surface area (Å²) in [4.78, 5) is 6.12. The molecule has 27 heavy (non-hydrogen) atoms. The van der Waals surface area contributed by atoms with Crippen molar-refractivity contribution in [3.8, 4) is 0 Å². The van der Waals surface area contributed by atoms with Gasteiger partial charge in [-0.3, -0.25) is 9.89 Å². The lowest BCUT2D eigenvalue weighted by molar-refractivity contribution is -0.132. The summed E-state index contributed by atoms with van der Waals surface area (Å²) in [6.45, 7) is 4.13. The second kappa shape index (κ2) is 9.87. The summed E-state index contributed by atoms with van der Waals surface area (Å²) in [5.41, 5.74) is 0.711. The predicted molar refractivity (Wildman–Crippen MR) is 94.4 cm³/mol. The molecule has 1 heterocycles. The van der Waals surface area contributed by atoms with Crippen LogP contribution in [0, 0.1) is 11.6 Å². The maximum Gasteiger partial charge on any atom is 0.390 e. The van der Waals surface area contributed by atoms with E-state index in [1.54, 1.807) is 6.07 Å². The quantitative estimate of drug-likeness (QED) is 0.443. The van der Waals surface area contributed by atoms with E-state index in [9.17, 15) is 22.0 Å². The van der Waals surface area contributed by atoms with Crippen LogP contribution in [0.2, 0.25) is 0 Å². The van der Waals surface area contributed by atoms with Crippen LogP contribution in [0.5, 0.6) is 0 Å². The van der Waals surface area contributed by atoms with Crippen LogP contribution in [0.1, 0.15) is 31.7 Å². The molecule has 0 amide bonds. The minimum atomic E-state index is -4.22.